The van der Waals surface area contributed by atoms with Crippen LogP contribution in [0.15, 0.2) is 24.3 Å². The molecule has 0 aromatic heterocycles. The number of fused-ring (bicyclic) bond motifs is 2. The number of rotatable bonds is 1. The third-order valence-corrected chi connectivity index (χ3v) is 5.22. The summed E-state index contributed by atoms with van der Waals surface area (Å²) in [5, 5.41) is 2.85. The number of hydrogen-bond donors (Lipinski definition) is 0. The van der Waals surface area contributed by atoms with Crippen molar-refractivity contribution in [2.45, 2.75) is 24.9 Å². The van der Waals surface area contributed by atoms with Gasteiger partial charge in [-0.1, -0.05) is 11.6 Å². The number of hydrogen-bond acceptors (Lipinski definition) is 3. The summed E-state index contributed by atoms with van der Waals surface area (Å²) in [5.74, 6) is 0.745. The van der Waals surface area contributed by atoms with Gasteiger partial charge in [-0.2, -0.15) is 0 Å². The maximum absolute atomic E-state index is 6.40. The predicted octanol–water partition coefficient (Wildman–Crippen LogP) is 2.95. The molecule has 0 N–H and O–H groups in total. The molecule has 0 amide bonds. The van der Waals surface area contributed by atoms with Crippen LogP contribution in [0, 0.1) is 5.92 Å². The second-order valence-electron chi connectivity index (χ2n) is 6.04. The van der Waals surface area contributed by atoms with Crippen LogP contribution in [0.25, 0.3) is 0 Å². The van der Waals surface area contributed by atoms with Crippen LogP contribution in [0.2, 0.25) is 5.02 Å². The van der Waals surface area contributed by atoms with E-state index in [1.807, 2.05) is 24.3 Å². The predicted molar refractivity (Wildman–Crippen MR) is 76.4 cm³/mol. The molecule has 4 heterocycles. The Labute approximate surface area is 119 Å². The Hall–Kier alpha value is -0.770. The Morgan fingerprint density at radius 3 is 2.47 bits per heavy atom. The van der Waals surface area contributed by atoms with Crippen LogP contribution in [-0.4, -0.2) is 36.7 Å². The first kappa shape index (κ1) is 12.0. The van der Waals surface area contributed by atoms with E-state index in [4.69, 9.17) is 16.4 Å². The van der Waals surface area contributed by atoms with Gasteiger partial charge in [-0.05, 0) is 56.1 Å². The van der Waals surface area contributed by atoms with Crippen LogP contribution in [0.5, 0.6) is 0 Å². The van der Waals surface area contributed by atoms with Crippen molar-refractivity contribution in [3.8, 4) is 0 Å². The third kappa shape index (κ3) is 1.95. The Morgan fingerprint density at radius 2 is 1.84 bits per heavy atom. The minimum absolute atomic E-state index is 0.0795. The topological polar surface area (TPSA) is 15.7 Å². The number of piperidine rings is 3. The van der Waals surface area contributed by atoms with E-state index in [0.717, 1.165) is 36.1 Å². The molecule has 4 fully saturated rings. The molecule has 4 heteroatoms. The number of halogens is 1. The van der Waals surface area contributed by atoms with Crippen LogP contribution >= 0.6 is 11.6 Å². The zero-order valence-electron chi connectivity index (χ0n) is 11.0. The fourth-order valence-corrected chi connectivity index (χ4v) is 4.03. The van der Waals surface area contributed by atoms with Gasteiger partial charge in [0.05, 0.1) is 5.69 Å². The first-order chi connectivity index (χ1) is 9.25. The molecule has 4 saturated heterocycles. The van der Waals surface area contributed by atoms with Crippen molar-refractivity contribution in [2.75, 3.05) is 31.2 Å². The van der Waals surface area contributed by atoms with Gasteiger partial charge in [-0.15, -0.1) is 0 Å². The van der Waals surface area contributed by atoms with E-state index in [2.05, 4.69) is 9.96 Å². The molecule has 2 bridgehead atoms. The fourth-order valence-electron chi connectivity index (χ4n) is 3.90. The zero-order chi connectivity index (χ0) is 12.9. The summed E-state index contributed by atoms with van der Waals surface area (Å²) in [4.78, 5) is 8.96. The molecule has 4 aliphatic rings. The van der Waals surface area contributed by atoms with Gasteiger partial charge < -0.3 is 4.90 Å². The van der Waals surface area contributed by atoms with Crippen molar-refractivity contribution < 1.29 is 4.84 Å². The monoisotopic (exact) mass is 278 g/mol. The van der Waals surface area contributed by atoms with Gasteiger partial charge in [0.2, 0.25) is 0 Å². The van der Waals surface area contributed by atoms with Crippen molar-refractivity contribution in [2.24, 2.45) is 5.92 Å². The molecule has 0 saturated carbocycles. The average Bonchev–Trinajstić information content (AvgIpc) is 2.85. The Morgan fingerprint density at radius 1 is 1.11 bits per heavy atom. The standard InChI is InChI=1S/C15H19ClN2O/c16-13-1-3-14(4-2-13)18-10-7-15(19-18)11-17-8-5-12(15)6-9-17/h1-4,12H,5-11H2. The second-order valence-corrected chi connectivity index (χ2v) is 6.47. The second kappa shape index (κ2) is 4.37. The number of hydroxylamine groups is 1. The van der Waals surface area contributed by atoms with Gasteiger partial charge in [0, 0.05) is 24.5 Å². The van der Waals surface area contributed by atoms with E-state index >= 15 is 0 Å². The highest BCUT2D eigenvalue weighted by Gasteiger charge is 2.52. The highest BCUT2D eigenvalue weighted by Crippen LogP contribution is 2.45. The van der Waals surface area contributed by atoms with Crippen LogP contribution in [0.4, 0.5) is 5.69 Å². The van der Waals surface area contributed by atoms with Gasteiger partial charge in [0.15, 0.2) is 0 Å². The summed E-state index contributed by atoms with van der Waals surface area (Å²) in [7, 11) is 0. The molecule has 1 aromatic carbocycles. The van der Waals surface area contributed by atoms with E-state index < -0.39 is 0 Å². The first-order valence-electron chi connectivity index (χ1n) is 7.20. The minimum Gasteiger partial charge on any atom is -0.300 e. The Balaban J connectivity index is 1.55. The van der Waals surface area contributed by atoms with E-state index in [1.54, 1.807) is 0 Å². The van der Waals surface area contributed by atoms with Crippen molar-refractivity contribution in [3.63, 3.8) is 0 Å². The Bertz CT molecular complexity index is 470. The number of anilines is 1. The fraction of sp³-hybridized carbons (Fsp3) is 0.600. The molecule has 0 radical (unpaired) electrons. The molecule has 19 heavy (non-hydrogen) atoms. The van der Waals surface area contributed by atoms with E-state index in [-0.39, 0.29) is 5.60 Å². The third-order valence-electron chi connectivity index (χ3n) is 4.97. The van der Waals surface area contributed by atoms with E-state index in [0.29, 0.717) is 0 Å². The SMILES string of the molecule is Clc1ccc(N2CCC3(CN4CCC3CC4)O2)cc1. The molecule has 3 nitrogen and oxygen atoms in total. The molecule has 1 aromatic rings. The molecular weight excluding hydrogens is 260 g/mol. The summed E-state index contributed by atoms with van der Waals surface area (Å²) in [6.07, 6.45) is 3.75. The minimum atomic E-state index is 0.0795. The van der Waals surface area contributed by atoms with Crippen LogP contribution < -0.4 is 5.06 Å². The largest absolute Gasteiger partial charge is 0.300 e. The summed E-state index contributed by atoms with van der Waals surface area (Å²) in [6.45, 7) is 4.63. The summed E-state index contributed by atoms with van der Waals surface area (Å²) < 4.78 is 0. The van der Waals surface area contributed by atoms with Crippen molar-refractivity contribution >= 4 is 17.3 Å². The highest BCUT2D eigenvalue weighted by atomic mass is 35.5. The maximum atomic E-state index is 6.40. The van der Waals surface area contributed by atoms with E-state index in [1.165, 1.54) is 25.9 Å². The lowest BCUT2D eigenvalue weighted by molar-refractivity contribution is -0.130. The molecule has 5 rings (SSSR count). The van der Waals surface area contributed by atoms with Gasteiger partial charge in [-0.25, -0.2) is 0 Å². The van der Waals surface area contributed by atoms with Crippen LogP contribution in [-0.2, 0) is 4.84 Å². The molecule has 102 valence electrons. The van der Waals surface area contributed by atoms with Gasteiger partial charge in [0.1, 0.15) is 5.60 Å². The van der Waals surface area contributed by atoms with Gasteiger partial charge in [0.25, 0.3) is 0 Å². The maximum Gasteiger partial charge on any atom is 0.113 e. The summed E-state index contributed by atoms with van der Waals surface area (Å²) in [5.41, 5.74) is 1.20. The number of benzene rings is 1. The lowest BCUT2D eigenvalue weighted by Gasteiger charge is -2.50. The first-order valence-corrected chi connectivity index (χ1v) is 7.58. The van der Waals surface area contributed by atoms with Gasteiger partial charge >= 0.3 is 0 Å². The Kier molecular flexibility index (Phi) is 2.76. The van der Waals surface area contributed by atoms with Crippen molar-refractivity contribution in [3.05, 3.63) is 29.3 Å². The molecule has 4 aliphatic heterocycles. The summed E-state index contributed by atoms with van der Waals surface area (Å²) in [6, 6.07) is 7.95. The molecular formula is C15H19ClN2O. The van der Waals surface area contributed by atoms with Gasteiger partial charge in [-0.3, -0.25) is 9.90 Å². The number of nitrogens with zero attached hydrogens (tertiary/aromatic N) is 2. The molecule has 1 unspecified atom stereocenters. The molecule has 1 atom stereocenters. The van der Waals surface area contributed by atoms with Crippen molar-refractivity contribution in [1.29, 1.82) is 0 Å². The zero-order valence-corrected chi connectivity index (χ0v) is 11.8. The lowest BCUT2D eigenvalue weighted by atomic mass is 9.74. The smallest absolute Gasteiger partial charge is 0.113 e. The lowest BCUT2D eigenvalue weighted by Crippen LogP contribution is -2.59. The summed E-state index contributed by atoms with van der Waals surface area (Å²) >= 11 is 5.95. The van der Waals surface area contributed by atoms with Crippen LogP contribution in [0.1, 0.15) is 19.3 Å². The van der Waals surface area contributed by atoms with Crippen molar-refractivity contribution in [1.82, 2.24) is 4.90 Å². The average molecular weight is 279 g/mol. The normalized spacial score (nSPS) is 37.2. The quantitative estimate of drug-likeness (QED) is 0.786. The highest BCUT2D eigenvalue weighted by molar-refractivity contribution is 6.30. The van der Waals surface area contributed by atoms with E-state index in [9.17, 15) is 0 Å². The molecule has 0 aliphatic carbocycles. The van der Waals surface area contributed by atoms with Crippen LogP contribution in [0.3, 0.4) is 0 Å². The molecule has 1 spiro atoms.